The van der Waals surface area contributed by atoms with Gasteiger partial charge in [0, 0.05) is 46.0 Å². The third kappa shape index (κ3) is 3.63. The van der Waals surface area contributed by atoms with Crippen molar-refractivity contribution in [2.24, 2.45) is 7.05 Å². The van der Waals surface area contributed by atoms with Crippen LogP contribution in [0.2, 0.25) is 0 Å². The Kier molecular flexibility index (Phi) is 4.71. The van der Waals surface area contributed by atoms with E-state index in [9.17, 15) is 4.79 Å². The predicted molar refractivity (Wildman–Crippen MR) is 103 cm³/mol. The molecule has 2 aromatic carbocycles. The molecule has 0 N–H and O–H groups in total. The van der Waals surface area contributed by atoms with E-state index in [4.69, 9.17) is 0 Å². The summed E-state index contributed by atoms with van der Waals surface area (Å²) in [6.45, 7) is 4.42. The second kappa shape index (κ2) is 7.30. The number of hydrogen-bond acceptors (Lipinski definition) is 3. The Labute approximate surface area is 153 Å². The van der Waals surface area contributed by atoms with E-state index in [1.54, 1.807) is 17.1 Å². The van der Waals surface area contributed by atoms with Crippen LogP contribution in [0.5, 0.6) is 0 Å². The molecule has 4 rings (SSSR count). The highest BCUT2D eigenvalue weighted by atomic mass is 16.2. The third-order valence-corrected chi connectivity index (χ3v) is 5.05. The Morgan fingerprint density at radius 3 is 2.69 bits per heavy atom. The summed E-state index contributed by atoms with van der Waals surface area (Å²) in [6.07, 6.45) is 4.44. The van der Waals surface area contributed by atoms with E-state index in [2.05, 4.69) is 52.5 Å². The summed E-state index contributed by atoms with van der Waals surface area (Å²) in [7, 11) is 1.84. The van der Waals surface area contributed by atoms with Gasteiger partial charge in [0.05, 0.1) is 11.8 Å². The number of benzene rings is 2. The van der Waals surface area contributed by atoms with Crippen LogP contribution in [-0.2, 0) is 13.6 Å². The molecule has 0 unspecified atom stereocenters. The molecule has 5 heteroatoms. The van der Waals surface area contributed by atoms with Crippen molar-refractivity contribution in [3.05, 3.63) is 66.0 Å². The standard InChI is InChI=1S/C21H24N4O/c1-23-16-20(14-22-23)21(26)25-10-4-9-24(11-12-25)15-17-7-8-18-5-2-3-6-19(18)13-17/h2-3,5-8,13-14,16H,4,9-12,15H2,1H3. The third-order valence-electron chi connectivity index (χ3n) is 5.05. The van der Waals surface area contributed by atoms with E-state index in [0.717, 1.165) is 39.1 Å². The predicted octanol–water partition coefficient (Wildman–Crippen LogP) is 2.92. The monoisotopic (exact) mass is 348 g/mol. The zero-order valence-corrected chi connectivity index (χ0v) is 15.1. The first-order valence-corrected chi connectivity index (χ1v) is 9.17. The molecule has 1 aromatic heterocycles. The molecule has 26 heavy (non-hydrogen) atoms. The summed E-state index contributed by atoms with van der Waals surface area (Å²) in [4.78, 5) is 17.0. The smallest absolute Gasteiger partial charge is 0.257 e. The first-order valence-electron chi connectivity index (χ1n) is 9.17. The van der Waals surface area contributed by atoms with E-state index in [1.807, 2.05) is 11.9 Å². The van der Waals surface area contributed by atoms with Crippen LogP contribution in [0, 0.1) is 0 Å². The van der Waals surface area contributed by atoms with Crippen LogP contribution in [0.15, 0.2) is 54.9 Å². The molecule has 3 aromatic rings. The number of carbonyl (C=O) groups excluding carboxylic acids is 1. The minimum Gasteiger partial charge on any atom is -0.337 e. The fraction of sp³-hybridized carbons (Fsp3) is 0.333. The highest BCUT2D eigenvalue weighted by molar-refractivity contribution is 5.93. The van der Waals surface area contributed by atoms with Crippen molar-refractivity contribution in [1.29, 1.82) is 0 Å². The van der Waals surface area contributed by atoms with Crippen LogP contribution in [0.25, 0.3) is 10.8 Å². The molecule has 1 fully saturated rings. The lowest BCUT2D eigenvalue weighted by molar-refractivity contribution is 0.0761. The van der Waals surface area contributed by atoms with E-state index in [0.29, 0.717) is 5.56 Å². The summed E-state index contributed by atoms with van der Waals surface area (Å²) in [5.74, 6) is 0.0886. The minimum atomic E-state index is 0.0886. The highest BCUT2D eigenvalue weighted by Crippen LogP contribution is 2.18. The zero-order chi connectivity index (χ0) is 17.9. The summed E-state index contributed by atoms with van der Waals surface area (Å²) in [6, 6.07) is 15.2. The quantitative estimate of drug-likeness (QED) is 0.731. The second-order valence-corrected chi connectivity index (χ2v) is 7.01. The van der Waals surface area contributed by atoms with E-state index < -0.39 is 0 Å². The Morgan fingerprint density at radius 2 is 1.88 bits per heavy atom. The van der Waals surface area contributed by atoms with Gasteiger partial charge in [-0.2, -0.15) is 5.10 Å². The van der Waals surface area contributed by atoms with Gasteiger partial charge in [-0.3, -0.25) is 14.4 Å². The lowest BCUT2D eigenvalue weighted by atomic mass is 10.1. The molecular formula is C21H24N4O. The fourth-order valence-corrected chi connectivity index (χ4v) is 3.64. The van der Waals surface area contributed by atoms with Crippen molar-refractivity contribution in [2.75, 3.05) is 26.2 Å². The van der Waals surface area contributed by atoms with Gasteiger partial charge in [-0.15, -0.1) is 0 Å². The molecule has 1 amide bonds. The molecule has 1 aliphatic rings. The molecule has 2 heterocycles. The average molecular weight is 348 g/mol. The van der Waals surface area contributed by atoms with Crippen molar-refractivity contribution >= 4 is 16.7 Å². The lowest BCUT2D eigenvalue weighted by Gasteiger charge is -2.22. The van der Waals surface area contributed by atoms with E-state index in [1.165, 1.54) is 16.3 Å². The van der Waals surface area contributed by atoms with Gasteiger partial charge < -0.3 is 4.90 Å². The number of carbonyl (C=O) groups is 1. The van der Waals surface area contributed by atoms with Crippen LogP contribution < -0.4 is 0 Å². The molecule has 0 spiro atoms. The Balaban J connectivity index is 1.40. The van der Waals surface area contributed by atoms with Crippen molar-refractivity contribution in [3.8, 4) is 0 Å². The molecule has 0 bridgehead atoms. The van der Waals surface area contributed by atoms with E-state index in [-0.39, 0.29) is 5.91 Å². The SMILES string of the molecule is Cn1cc(C(=O)N2CCCN(Cc3ccc4ccccc4c3)CC2)cn1. The highest BCUT2D eigenvalue weighted by Gasteiger charge is 2.21. The molecule has 1 aliphatic heterocycles. The molecule has 5 nitrogen and oxygen atoms in total. The number of nitrogens with zero attached hydrogens (tertiary/aromatic N) is 4. The van der Waals surface area contributed by atoms with Crippen LogP contribution in [0.3, 0.4) is 0 Å². The Hall–Kier alpha value is -2.66. The maximum atomic E-state index is 12.6. The Morgan fingerprint density at radius 1 is 1.04 bits per heavy atom. The van der Waals surface area contributed by atoms with Crippen LogP contribution in [0.4, 0.5) is 0 Å². The zero-order valence-electron chi connectivity index (χ0n) is 15.1. The minimum absolute atomic E-state index is 0.0886. The maximum absolute atomic E-state index is 12.6. The summed E-state index contributed by atoms with van der Waals surface area (Å²) >= 11 is 0. The van der Waals surface area contributed by atoms with Crippen LogP contribution >= 0.6 is 0 Å². The normalized spacial score (nSPS) is 16.0. The van der Waals surface area contributed by atoms with Crippen molar-refractivity contribution in [1.82, 2.24) is 19.6 Å². The molecule has 134 valence electrons. The van der Waals surface area contributed by atoms with Gasteiger partial charge in [0.1, 0.15) is 0 Å². The lowest BCUT2D eigenvalue weighted by Crippen LogP contribution is -2.35. The van der Waals surface area contributed by atoms with Gasteiger partial charge in [0.15, 0.2) is 0 Å². The largest absolute Gasteiger partial charge is 0.337 e. The van der Waals surface area contributed by atoms with Gasteiger partial charge >= 0.3 is 0 Å². The van der Waals surface area contributed by atoms with Crippen molar-refractivity contribution in [3.63, 3.8) is 0 Å². The number of amides is 1. The number of aromatic nitrogens is 2. The molecule has 0 saturated carbocycles. The maximum Gasteiger partial charge on any atom is 0.257 e. The topological polar surface area (TPSA) is 41.4 Å². The van der Waals surface area contributed by atoms with E-state index >= 15 is 0 Å². The molecule has 0 aliphatic carbocycles. The average Bonchev–Trinajstić information content (AvgIpc) is 2.96. The Bertz CT molecular complexity index is 917. The van der Waals surface area contributed by atoms with Gasteiger partial charge in [-0.25, -0.2) is 0 Å². The number of hydrogen-bond donors (Lipinski definition) is 0. The number of fused-ring (bicyclic) bond motifs is 1. The summed E-state index contributed by atoms with van der Waals surface area (Å²) in [5, 5.41) is 6.67. The summed E-state index contributed by atoms with van der Waals surface area (Å²) in [5.41, 5.74) is 2.01. The molecular weight excluding hydrogens is 324 g/mol. The second-order valence-electron chi connectivity index (χ2n) is 7.01. The molecule has 1 saturated heterocycles. The number of rotatable bonds is 3. The van der Waals surface area contributed by atoms with Crippen LogP contribution in [0.1, 0.15) is 22.3 Å². The molecule has 0 atom stereocenters. The molecule has 0 radical (unpaired) electrons. The first kappa shape index (κ1) is 16.8. The van der Waals surface area contributed by atoms with Gasteiger partial charge in [0.2, 0.25) is 0 Å². The summed E-state index contributed by atoms with van der Waals surface area (Å²) < 4.78 is 1.68. The van der Waals surface area contributed by atoms with Crippen molar-refractivity contribution < 1.29 is 4.79 Å². The van der Waals surface area contributed by atoms with Crippen LogP contribution in [-0.4, -0.2) is 51.7 Å². The number of aryl methyl sites for hydroxylation is 1. The van der Waals surface area contributed by atoms with Crippen molar-refractivity contribution in [2.45, 2.75) is 13.0 Å². The van der Waals surface area contributed by atoms with Gasteiger partial charge in [0.25, 0.3) is 5.91 Å². The van der Waals surface area contributed by atoms with Gasteiger partial charge in [-0.05, 0) is 28.8 Å². The van der Waals surface area contributed by atoms with Gasteiger partial charge in [-0.1, -0.05) is 36.4 Å². The first-order chi connectivity index (χ1) is 12.7. The fourth-order valence-electron chi connectivity index (χ4n) is 3.64.